The number of pyridine rings is 1. The minimum absolute atomic E-state index is 0.602. The number of rotatable bonds is 0. The van der Waals surface area contributed by atoms with Gasteiger partial charge in [-0.2, -0.15) is 0 Å². The highest BCUT2D eigenvalue weighted by molar-refractivity contribution is 5.66. The van der Waals surface area contributed by atoms with E-state index in [0.29, 0.717) is 6.61 Å². The first-order valence-electron chi connectivity index (χ1n) is 4.17. The molecule has 3 nitrogen and oxygen atoms in total. The molecule has 1 aromatic heterocycles. The number of fused-ring (bicyclic) bond motifs is 3. The summed E-state index contributed by atoms with van der Waals surface area (Å²) in [5.41, 5.74) is 3.39. The highest BCUT2D eigenvalue weighted by Crippen LogP contribution is 2.32. The molecular formula is C10H8N2O. The summed E-state index contributed by atoms with van der Waals surface area (Å²) in [6.07, 6.45) is 9.47. The molecule has 13 heavy (non-hydrogen) atoms. The van der Waals surface area contributed by atoms with Crippen molar-refractivity contribution in [2.75, 3.05) is 4.90 Å². The van der Waals surface area contributed by atoms with Gasteiger partial charge in [-0.15, -0.1) is 0 Å². The Hall–Kier alpha value is -1.77. The monoisotopic (exact) mass is 172 g/mol. The molecule has 2 aliphatic rings. The van der Waals surface area contributed by atoms with E-state index in [2.05, 4.69) is 9.88 Å². The molecular weight excluding hydrogens is 164 g/mol. The number of aromatic nitrogens is 1. The average Bonchev–Trinajstić information content (AvgIpc) is 2.23. The van der Waals surface area contributed by atoms with Gasteiger partial charge in [0.25, 0.3) is 0 Å². The van der Waals surface area contributed by atoms with Crippen molar-refractivity contribution in [2.45, 2.75) is 6.61 Å². The Balaban J connectivity index is 2.17. The van der Waals surface area contributed by atoms with E-state index in [9.17, 15) is 0 Å². The van der Waals surface area contributed by atoms with Crippen LogP contribution in [-0.4, -0.2) is 4.98 Å². The van der Waals surface area contributed by atoms with Crippen LogP contribution in [0.3, 0.4) is 0 Å². The summed E-state index contributed by atoms with van der Waals surface area (Å²) in [6, 6.07) is 2.00. The van der Waals surface area contributed by atoms with E-state index in [1.807, 2.05) is 24.5 Å². The van der Waals surface area contributed by atoms with Gasteiger partial charge in [-0.25, -0.2) is 0 Å². The largest absolute Gasteiger partial charge is 0.494 e. The van der Waals surface area contributed by atoms with Crippen molar-refractivity contribution >= 4 is 5.69 Å². The van der Waals surface area contributed by atoms with Gasteiger partial charge in [-0.05, 0) is 12.1 Å². The Bertz CT molecular complexity index is 409. The van der Waals surface area contributed by atoms with Gasteiger partial charge in [-0.3, -0.25) is 4.98 Å². The van der Waals surface area contributed by atoms with Crippen LogP contribution >= 0.6 is 0 Å². The van der Waals surface area contributed by atoms with Crippen LogP contribution in [0.5, 0.6) is 0 Å². The Labute approximate surface area is 76.0 Å². The molecule has 1 aromatic rings. The number of nitrogens with zero attached hydrogens (tertiary/aromatic N) is 2. The Kier molecular flexibility index (Phi) is 1.22. The van der Waals surface area contributed by atoms with Crippen LogP contribution in [0, 0.1) is 0 Å². The second kappa shape index (κ2) is 2.36. The highest BCUT2D eigenvalue weighted by atomic mass is 16.5. The SMILES string of the molecule is C1=CN2C1=COCc1cnccc12. The molecule has 0 spiro atoms. The van der Waals surface area contributed by atoms with Crippen molar-refractivity contribution in [1.82, 2.24) is 4.98 Å². The van der Waals surface area contributed by atoms with Crippen molar-refractivity contribution in [3.63, 3.8) is 0 Å². The third-order valence-corrected chi connectivity index (χ3v) is 2.25. The molecule has 64 valence electrons. The Morgan fingerprint density at radius 1 is 1.46 bits per heavy atom. The lowest BCUT2D eigenvalue weighted by molar-refractivity contribution is 0.236. The Morgan fingerprint density at radius 2 is 2.46 bits per heavy atom. The third kappa shape index (κ3) is 0.869. The molecule has 3 heterocycles. The van der Waals surface area contributed by atoms with Crippen molar-refractivity contribution in [3.8, 4) is 0 Å². The summed E-state index contributed by atoms with van der Waals surface area (Å²) in [5.74, 6) is 0. The van der Waals surface area contributed by atoms with E-state index in [1.165, 1.54) is 5.69 Å². The first kappa shape index (κ1) is 6.71. The van der Waals surface area contributed by atoms with E-state index in [-0.39, 0.29) is 0 Å². The zero-order chi connectivity index (χ0) is 8.67. The fourth-order valence-corrected chi connectivity index (χ4v) is 1.53. The zero-order valence-corrected chi connectivity index (χ0v) is 6.97. The number of anilines is 1. The van der Waals surface area contributed by atoms with Gasteiger partial charge in [0.1, 0.15) is 12.9 Å². The topological polar surface area (TPSA) is 25.4 Å². The van der Waals surface area contributed by atoms with Gasteiger partial charge < -0.3 is 9.64 Å². The van der Waals surface area contributed by atoms with Crippen LogP contribution in [0.4, 0.5) is 5.69 Å². The molecule has 0 radical (unpaired) electrons. The molecule has 0 fully saturated rings. The first-order valence-corrected chi connectivity index (χ1v) is 4.17. The predicted octanol–water partition coefficient (Wildman–Crippen LogP) is 1.79. The lowest BCUT2D eigenvalue weighted by Gasteiger charge is -2.27. The van der Waals surface area contributed by atoms with E-state index in [1.54, 1.807) is 12.5 Å². The van der Waals surface area contributed by atoms with Crippen molar-refractivity contribution < 1.29 is 4.74 Å². The maximum absolute atomic E-state index is 5.36. The van der Waals surface area contributed by atoms with Gasteiger partial charge in [0.05, 0.1) is 11.4 Å². The molecule has 0 unspecified atom stereocenters. The van der Waals surface area contributed by atoms with Crippen molar-refractivity contribution in [2.24, 2.45) is 0 Å². The zero-order valence-electron chi connectivity index (χ0n) is 6.97. The summed E-state index contributed by atoms with van der Waals surface area (Å²) < 4.78 is 5.36. The second-order valence-electron chi connectivity index (χ2n) is 3.04. The number of hydrogen-bond donors (Lipinski definition) is 0. The minimum Gasteiger partial charge on any atom is -0.494 e. The van der Waals surface area contributed by atoms with Gasteiger partial charge in [0.15, 0.2) is 0 Å². The first-order chi connectivity index (χ1) is 6.45. The van der Waals surface area contributed by atoms with Crippen molar-refractivity contribution in [1.29, 1.82) is 0 Å². The van der Waals surface area contributed by atoms with E-state index >= 15 is 0 Å². The summed E-state index contributed by atoms with van der Waals surface area (Å²) in [4.78, 5) is 6.17. The second-order valence-corrected chi connectivity index (χ2v) is 3.04. The van der Waals surface area contributed by atoms with Crippen LogP contribution in [0.2, 0.25) is 0 Å². The summed E-state index contributed by atoms with van der Waals surface area (Å²) in [5, 5.41) is 0. The Morgan fingerprint density at radius 3 is 3.31 bits per heavy atom. The van der Waals surface area contributed by atoms with E-state index in [4.69, 9.17) is 4.74 Å². The van der Waals surface area contributed by atoms with Crippen LogP contribution in [0.1, 0.15) is 5.56 Å². The van der Waals surface area contributed by atoms with Crippen LogP contribution < -0.4 is 4.90 Å². The fraction of sp³-hybridized carbons (Fsp3) is 0.100. The standard InChI is InChI=1S/C10H8N2O/c1-3-11-5-8-6-13-7-9-2-4-12(9)10(1)8/h1-5,7H,6H2. The van der Waals surface area contributed by atoms with Crippen molar-refractivity contribution in [3.05, 3.63) is 48.3 Å². The fourth-order valence-electron chi connectivity index (χ4n) is 1.53. The summed E-state index contributed by atoms with van der Waals surface area (Å²) >= 11 is 0. The highest BCUT2D eigenvalue weighted by Gasteiger charge is 2.20. The van der Waals surface area contributed by atoms with Gasteiger partial charge in [-0.1, -0.05) is 0 Å². The average molecular weight is 172 g/mol. The third-order valence-electron chi connectivity index (χ3n) is 2.25. The van der Waals surface area contributed by atoms with Gasteiger partial charge in [0, 0.05) is 24.2 Å². The normalized spacial score (nSPS) is 17.5. The van der Waals surface area contributed by atoms with Crippen LogP contribution in [0.15, 0.2) is 42.7 Å². The molecule has 0 N–H and O–H groups in total. The molecule has 0 saturated heterocycles. The van der Waals surface area contributed by atoms with Gasteiger partial charge >= 0.3 is 0 Å². The molecule has 3 rings (SSSR count). The maximum Gasteiger partial charge on any atom is 0.116 e. The van der Waals surface area contributed by atoms with E-state index in [0.717, 1.165) is 11.3 Å². The molecule has 2 aliphatic heterocycles. The summed E-state index contributed by atoms with van der Waals surface area (Å²) in [6.45, 7) is 0.602. The molecule has 0 atom stereocenters. The van der Waals surface area contributed by atoms with Gasteiger partial charge in [0.2, 0.25) is 0 Å². The predicted molar refractivity (Wildman–Crippen MR) is 48.7 cm³/mol. The smallest absolute Gasteiger partial charge is 0.116 e. The summed E-state index contributed by atoms with van der Waals surface area (Å²) in [7, 11) is 0. The minimum atomic E-state index is 0.602. The molecule has 0 saturated carbocycles. The quantitative estimate of drug-likeness (QED) is 0.596. The number of ether oxygens (including phenoxy) is 1. The molecule has 0 aromatic carbocycles. The molecule has 0 bridgehead atoms. The number of hydrogen-bond acceptors (Lipinski definition) is 3. The van der Waals surface area contributed by atoms with Crippen LogP contribution in [0.25, 0.3) is 0 Å². The maximum atomic E-state index is 5.36. The van der Waals surface area contributed by atoms with E-state index < -0.39 is 0 Å². The lowest BCUT2D eigenvalue weighted by Crippen LogP contribution is -2.21. The molecule has 0 aliphatic carbocycles. The molecule has 3 heteroatoms. The van der Waals surface area contributed by atoms with Crippen LogP contribution in [-0.2, 0) is 11.3 Å². The number of allylic oxidation sites excluding steroid dienone is 1. The molecule has 0 amide bonds. The lowest BCUT2D eigenvalue weighted by atomic mass is 10.2.